The topological polar surface area (TPSA) is 84.6 Å². The van der Waals surface area contributed by atoms with Gasteiger partial charge in [-0.25, -0.2) is 9.67 Å². The van der Waals surface area contributed by atoms with Gasteiger partial charge in [0.1, 0.15) is 11.5 Å². The highest BCUT2D eigenvalue weighted by atomic mass is 16.2. The number of fused-ring (bicyclic) bond motifs is 8. The molecule has 1 aromatic carbocycles. The Morgan fingerprint density at radius 1 is 1.18 bits per heavy atom. The van der Waals surface area contributed by atoms with E-state index in [9.17, 15) is 4.79 Å². The second kappa shape index (κ2) is 7.59. The van der Waals surface area contributed by atoms with Crippen LogP contribution in [0.2, 0.25) is 0 Å². The molecule has 1 aliphatic carbocycles. The Bertz CT molecular complexity index is 1360. The molecule has 1 amide bonds. The Morgan fingerprint density at radius 3 is 2.76 bits per heavy atom. The summed E-state index contributed by atoms with van der Waals surface area (Å²) in [4.78, 5) is 26.6. The summed E-state index contributed by atoms with van der Waals surface area (Å²) in [5.41, 5.74) is 12.5. The molecule has 2 N–H and O–H groups in total. The lowest BCUT2D eigenvalue weighted by atomic mass is 9.94. The van der Waals surface area contributed by atoms with Crippen LogP contribution >= 0.6 is 0 Å². The van der Waals surface area contributed by atoms with Gasteiger partial charge in [0.05, 0.1) is 25.3 Å². The first kappa shape index (κ1) is 20.7. The second-order valence-corrected chi connectivity index (χ2v) is 9.62. The molecular formula is C26H27N7O. The van der Waals surface area contributed by atoms with E-state index in [2.05, 4.69) is 33.8 Å². The van der Waals surface area contributed by atoms with Crippen molar-refractivity contribution in [2.24, 2.45) is 7.05 Å². The lowest BCUT2D eigenvalue weighted by molar-refractivity contribution is 0.0726. The Balaban J connectivity index is 1.64. The molecule has 1 saturated heterocycles. The zero-order chi connectivity index (χ0) is 23.6. The van der Waals surface area contributed by atoms with E-state index in [0.29, 0.717) is 18.2 Å². The number of carbonyl (C=O) groups is 1. The molecule has 172 valence electrons. The summed E-state index contributed by atoms with van der Waals surface area (Å²) in [5, 5.41) is 4.69. The number of rotatable bonds is 1. The quantitative estimate of drug-likeness (QED) is 0.553. The third kappa shape index (κ3) is 3.15. The van der Waals surface area contributed by atoms with Crippen molar-refractivity contribution in [2.45, 2.75) is 51.2 Å². The number of aromatic nitrogens is 3. The van der Waals surface area contributed by atoms with E-state index in [1.54, 1.807) is 17.9 Å². The molecule has 1 saturated carbocycles. The number of nitrogens with zero attached hydrogens (tertiary/aromatic N) is 6. The predicted octanol–water partition coefficient (Wildman–Crippen LogP) is 4.38. The number of benzene rings is 1. The van der Waals surface area contributed by atoms with Gasteiger partial charge in [-0.15, -0.1) is 5.10 Å². The first-order valence-corrected chi connectivity index (χ1v) is 11.8. The Labute approximate surface area is 198 Å². The van der Waals surface area contributed by atoms with Gasteiger partial charge in [-0.1, -0.05) is 24.3 Å². The summed E-state index contributed by atoms with van der Waals surface area (Å²) in [6.45, 7) is 11.1. The van der Waals surface area contributed by atoms with Crippen molar-refractivity contribution in [3.05, 3.63) is 64.3 Å². The number of amides is 1. The molecule has 0 unspecified atom stereocenters. The van der Waals surface area contributed by atoms with Crippen molar-refractivity contribution in [3.63, 3.8) is 0 Å². The van der Waals surface area contributed by atoms with E-state index in [-0.39, 0.29) is 18.0 Å². The number of carbonyl (C=O) groups excluding carboxylic acids is 1. The third-order valence-corrected chi connectivity index (χ3v) is 7.31. The number of hydrogen-bond acceptors (Lipinski definition) is 5. The molecular weight excluding hydrogens is 426 g/mol. The zero-order valence-corrected chi connectivity index (χ0v) is 19.5. The monoisotopic (exact) mass is 453 g/mol. The van der Waals surface area contributed by atoms with Gasteiger partial charge in [-0.3, -0.25) is 4.79 Å². The van der Waals surface area contributed by atoms with Crippen LogP contribution in [-0.2, 0) is 13.6 Å². The minimum absolute atomic E-state index is 0.0423. The van der Waals surface area contributed by atoms with Crippen molar-refractivity contribution in [1.82, 2.24) is 19.7 Å². The van der Waals surface area contributed by atoms with E-state index in [4.69, 9.17) is 17.4 Å². The molecule has 3 aliphatic rings. The minimum Gasteiger partial charge on any atom is -0.382 e. The molecule has 34 heavy (non-hydrogen) atoms. The van der Waals surface area contributed by atoms with Crippen molar-refractivity contribution in [1.29, 1.82) is 0 Å². The number of pyridine rings is 1. The van der Waals surface area contributed by atoms with Gasteiger partial charge in [0.25, 0.3) is 11.7 Å². The van der Waals surface area contributed by atoms with Crippen LogP contribution in [-0.4, -0.2) is 38.2 Å². The molecule has 3 aromatic rings. The summed E-state index contributed by atoms with van der Waals surface area (Å²) < 4.78 is 1.61. The van der Waals surface area contributed by atoms with Gasteiger partial charge in [-0.2, -0.15) is 0 Å². The summed E-state index contributed by atoms with van der Waals surface area (Å²) in [6, 6.07) is 8.46. The number of aryl methyl sites for hydroxylation is 2. The highest BCUT2D eigenvalue weighted by Gasteiger charge is 2.38. The highest BCUT2D eigenvalue weighted by molar-refractivity contribution is 5.97. The predicted molar refractivity (Wildman–Crippen MR) is 131 cm³/mol. The fourth-order valence-electron chi connectivity index (χ4n) is 5.53. The van der Waals surface area contributed by atoms with Crippen LogP contribution in [0.1, 0.15) is 58.9 Å². The van der Waals surface area contributed by atoms with Gasteiger partial charge in [0, 0.05) is 29.9 Å². The number of anilines is 2. The van der Waals surface area contributed by atoms with Gasteiger partial charge in [0.2, 0.25) is 0 Å². The van der Waals surface area contributed by atoms with Crippen molar-refractivity contribution >= 4 is 23.2 Å². The van der Waals surface area contributed by atoms with Crippen LogP contribution in [0, 0.1) is 13.5 Å². The smallest absolute Gasteiger partial charge is 0.260 e. The molecule has 8 nitrogen and oxygen atoms in total. The summed E-state index contributed by atoms with van der Waals surface area (Å²) in [7, 11) is 1.78. The van der Waals surface area contributed by atoms with Gasteiger partial charge in [0.15, 0.2) is 0 Å². The summed E-state index contributed by atoms with van der Waals surface area (Å²) in [6.07, 6.45) is 5.67. The second-order valence-electron chi connectivity index (χ2n) is 9.62. The van der Waals surface area contributed by atoms with Crippen LogP contribution in [0.15, 0.2) is 30.5 Å². The van der Waals surface area contributed by atoms with Crippen molar-refractivity contribution < 1.29 is 4.79 Å². The van der Waals surface area contributed by atoms with Crippen LogP contribution in [0.4, 0.5) is 17.3 Å². The van der Waals surface area contributed by atoms with Gasteiger partial charge >= 0.3 is 0 Å². The van der Waals surface area contributed by atoms with E-state index in [1.165, 1.54) is 0 Å². The third-order valence-electron chi connectivity index (χ3n) is 7.31. The van der Waals surface area contributed by atoms with E-state index in [1.807, 2.05) is 17.0 Å². The molecule has 2 bridgehead atoms. The maximum atomic E-state index is 14.1. The van der Waals surface area contributed by atoms with Crippen LogP contribution in [0.25, 0.3) is 16.0 Å². The highest BCUT2D eigenvalue weighted by Crippen LogP contribution is 2.44. The number of nitrogen functional groups attached to an aromatic ring is 1. The molecule has 4 heterocycles. The van der Waals surface area contributed by atoms with Gasteiger partial charge < -0.3 is 20.4 Å². The van der Waals surface area contributed by atoms with E-state index < -0.39 is 0 Å². The Kier molecular flexibility index (Phi) is 4.63. The average molecular weight is 454 g/mol. The zero-order valence-electron chi connectivity index (χ0n) is 19.5. The lowest BCUT2D eigenvalue weighted by Gasteiger charge is -2.31. The fourth-order valence-corrected chi connectivity index (χ4v) is 5.53. The number of nitrogens with two attached hydrogens (primary N) is 1. The summed E-state index contributed by atoms with van der Waals surface area (Å²) in [5.74, 6) is 0.949. The molecule has 6 rings (SSSR count). The Hall–Kier alpha value is -3.86. The fraction of sp³-hybridized carbons (Fsp3) is 0.385. The molecule has 0 spiro atoms. The first-order chi connectivity index (χ1) is 16.5. The maximum Gasteiger partial charge on any atom is 0.260 e. The summed E-state index contributed by atoms with van der Waals surface area (Å²) >= 11 is 0. The van der Waals surface area contributed by atoms with Gasteiger partial charge in [-0.05, 0) is 55.9 Å². The largest absolute Gasteiger partial charge is 0.382 e. The normalized spacial score (nSPS) is 19.6. The first-order valence-electron chi connectivity index (χ1n) is 11.8. The lowest BCUT2D eigenvalue weighted by Crippen LogP contribution is -2.35. The minimum atomic E-state index is 0.0423. The molecule has 8 heteroatoms. The Morgan fingerprint density at radius 2 is 2.00 bits per heavy atom. The maximum absolute atomic E-state index is 14.1. The molecule has 1 atom stereocenters. The number of hydrogen-bond donors (Lipinski definition) is 1. The standard InChI is InChI=1S/C26H27N7O/c1-15-6-9-18-19(11-15)21-5-4-10-32(21)22-12-16(13-29-24(22)27)23-20(30-31(3)25(23)28-2)14-33(26(18)34)17-7-8-17/h6,9,11-13,17,21H,4-5,7-8,10,14H2,1,3H3,(H2,27,29)/t21-/m1/s1. The van der Waals surface area contributed by atoms with Crippen molar-refractivity contribution in [2.75, 3.05) is 17.2 Å². The molecule has 2 fully saturated rings. The van der Waals surface area contributed by atoms with E-state index >= 15 is 0 Å². The average Bonchev–Trinajstić information content (AvgIpc) is 3.45. The van der Waals surface area contributed by atoms with Crippen LogP contribution in [0.5, 0.6) is 0 Å². The molecule has 2 aliphatic heterocycles. The van der Waals surface area contributed by atoms with Crippen molar-refractivity contribution in [3.8, 4) is 11.1 Å². The molecule has 2 aromatic heterocycles. The van der Waals surface area contributed by atoms with Crippen LogP contribution in [0.3, 0.4) is 0 Å². The SMILES string of the molecule is [C-]#[N+]c1c2c(nn1C)CN(C1CC1)C(=O)c1ccc(C)cc1[C@H]1CCCN1c1cc-2cnc1N. The molecule has 0 radical (unpaired) electrons. The van der Waals surface area contributed by atoms with Crippen LogP contribution < -0.4 is 10.6 Å². The van der Waals surface area contributed by atoms with E-state index in [0.717, 1.165) is 71.4 Å².